The molecule has 3 aromatic rings. The Bertz CT molecular complexity index is 1390. The molecule has 1 atom stereocenters. The fraction of sp³-hybridized carbons (Fsp3) is 0.333. The summed E-state index contributed by atoms with van der Waals surface area (Å²) >= 11 is 6.44. The van der Waals surface area contributed by atoms with Crippen LogP contribution in [0.4, 0.5) is 5.69 Å². The van der Waals surface area contributed by atoms with Crippen molar-refractivity contribution < 1.29 is 18.0 Å². The molecular formula is C30H34ClN3O4S. The minimum absolute atomic E-state index is 0.0439. The Labute approximate surface area is 235 Å². The van der Waals surface area contributed by atoms with E-state index in [1.165, 1.54) is 17.0 Å². The van der Waals surface area contributed by atoms with Crippen LogP contribution in [0, 0.1) is 6.92 Å². The molecule has 1 saturated carbocycles. The van der Waals surface area contributed by atoms with Gasteiger partial charge < -0.3 is 10.2 Å². The molecule has 9 heteroatoms. The molecule has 0 aliphatic heterocycles. The number of amides is 2. The van der Waals surface area contributed by atoms with E-state index in [-0.39, 0.29) is 34.1 Å². The van der Waals surface area contributed by atoms with E-state index in [1.807, 2.05) is 37.3 Å². The minimum atomic E-state index is -4.16. The maximum absolute atomic E-state index is 14.0. The van der Waals surface area contributed by atoms with E-state index in [4.69, 9.17) is 11.6 Å². The van der Waals surface area contributed by atoms with Gasteiger partial charge in [-0.05, 0) is 56.5 Å². The molecule has 1 aliphatic rings. The predicted molar refractivity (Wildman–Crippen MR) is 154 cm³/mol. The summed E-state index contributed by atoms with van der Waals surface area (Å²) in [5.41, 5.74) is 1.93. The van der Waals surface area contributed by atoms with Crippen molar-refractivity contribution in [2.24, 2.45) is 0 Å². The number of para-hydroxylation sites is 1. The quantitative estimate of drug-likeness (QED) is 0.359. The number of halogens is 1. The van der Waals surface area contributed by atoms with Crippen molar-refractivity contribution in [2.75, 3.05) is 10.8 Å². The Hall–Kier alpha value is -3.36. The van der Waals surface area contributed by atoms with Crippen molar-refractivity contribution >= 4 is 39.1 Å². The SMILES string of the molecule is Cc1ccc(S(=O)(=O)N(CC(=O)N(Cc2ccccc2)[C@@H](C)C(=O)NC2CCCC2)c2ccccc2Cl)cc1. The van der Waals surface area contributed by atoms with Crippen molar-refractivity contribution in [2.45, 2.75) is 63.1 Å². The first-order valence-corrected chi connectivity index (χ1v) is 15.0. The molecule has 3 aromatic carbocycles. The van der Waals surface area contributed by atoms with Crippen molar-refractivity contribution in [3.8, 4) is 0 Å². The van der Waals surface area contributed by atoms with Crippen LogP contribution >= 0.6 is 11.6 Å². The van der Waals surface area contributed by atoms with Crippen LogP contribution in [-0.4, -0.2) is 43.8 Å². The van der Waals surface area contributed by atoms with Crippen molar-refractivity contribution in [1.82, 2.24) is 10.2 Å². The lowest BCUT2D eigenvalue weighted by atomic mass is 10.1. The lowest BCUT2D eigenvalue weighted by Gasteiger charge is -2.32. The highest BCUT2D eigenvalue weighted by atomic mass is 35.5. The van der Waals surface area contributed by atoms with Gasteiger partial charge in [0.25, 0.3) is 10.0 Å². The first-order valence-electron chi connectivity index (χ1n) is 13.1. The first kappa shape index (κ1) is 28.6. The molecule has 0 unspecified atom stereocenters. The van der Waals surface area contributed by atoms with E-state index in [1.54, 1.807) is 43.3 Å². The van der Waals surface area contributed by atoms with Gasteiger partial charge in [0.2, 0.25) is 11.8 Å². The maximum Gasteiger partial charge on any atom is 0.264 e. The lowest BCUT2D eigenvalue weighted by Crippen LogP contribution is -2.52. The topological polar surface area (TPSA) is 86.8 Å². The van der Waals surface area contributed by atoms with Crippen LogP contribution in [0.1, 0.15) is 43.7 Å². The summed E-state index contributed by atoms with van der Waals surface area (Å²) in [4.78, 5) is 28.7. The Morgan fingerprint density at radius 3 is 2.21 bits per heavy atom. The van der Waals surface area contributed by atoms with E-state index in [0.717, 1.165) is 41.1 Å². The number of nitrogens with zero attached hydrogens (tertiary/aromatic N) is 2. The zero-order valence-electron chi connectivity index (χ0n) is 22.2. The van der Waals surface area contributed by atoms with Crippen LogP contribution in [0.3, 0.4) is 0 Å². The van der Waals surface area contributed by atoms with Gasteiger partial charge >= 0.3 is 0 Å². The van der Waals surface area contributed by atoms with Gasteiger partial charge in [0, 0.05) is 12.6 Å². The number of rotatable bonds is 10. The van der Waals surface area contributed by atoms with E-state index in [9.17, 15) is 18.0 Å². The van der Waals surface area contributed by atoms with Gasteiger partial charge in [0.1, 0.15) is 12.6 Å². The number of aryl methyl sites for hydroxylation is 1. The lowest BCUT2D eigenvalue weighted by molar-refractivity contribution is -0.139. The largest absolute Gasteiger partial charge is 0.352 e. The van der Waals surface area contributed by atoms with Gasteiger partial charge in [0.05, 0.1) is 15.6 Å². The summed E-state index contributed by atoms with van der Waals surface area (Å²) in [6.07, 6.45) is 3.96. The second kappa shape index (κ2) is 12.7. The van der Waals surface area contributed by atoms with Crippen molar-refractivity contribution in [3.63, 3.8) is 0 Å². The van der Waals surface area contributed by atoms with Gasteiger partial charge in [-0.25, -0.2) is 8.42 Å². The summed E-state index contributed by atoms with van der Waals surface area (Å²) in [5, 5.41) is 3.27. The van der Waals surface area contributed by atoms with Crippen molar-refractivity contribution in [1.29, 1.82) is 0 Å². The fourth-order valence-corrected chi connectivity index (χ4v) is 6.48. The van der Waals surface area contributed by atoms with Crippen LogP contribution in [0.25, 0.3) is 0 Å². The number of hydrogen-bond donors (Lipinski definition) is 1. The van der Waals surface area contributed by atoms with Crippen LogP contribution in [-0.2, 0) is 26.2 Å². The molecule has 0 bridgehead atoms. The zero-order valence-corrected chi connectivity index (χ0v) is 23.8. The number of hydrogen-bond acceptors (Lipinski definition) is 4. The molecule has 206 valence electrons. The number of carbonyl (C=O) groups excluding carboxylic acids is 2. The van der Waals surface area contributed by atoms with Gasteiger partial charge in [-0.15, -0.1) is 0 Å². The molecule has 0 aromatic heterocycles. The minimum Gasteiger partial charge on any atom is -0.352 e. The number of anilines is 1. The molecule has 0 radical (unpaired) electrons. The number of nitrogens with one attached hydrogen (secondary N) is 1. The average Bonchev–Trinajstić information content (AvgIpc) is 3.44. The van der Waals surface area contributed by atoms with Crippen LogP contribution in [0.15, 0.2) is 83.8 Å². The molecular weight excluding hydrogens is 534 g/mol. The molecule has 2 amide bonds. The summed E-state index contributed by atoms with van der Waals surface area (Å²) in [7, 11) is -4.16. The molecule has 0 saturated heterocycles. The average molecular weight is 568 g/mol. The van der Waals surface area contributed by atoms with E-state index in [2.05, 4.69) is 5.32 Å². The highest BCUT2D eigenvalue weighted by Crippen LogP contribution is 2.31. The highest BCUT2D eigenvalue weighted by Gasteiger charge is 2.34. The summed E-state index contributed by atoms with van der Waals surface area (Å²) < 4.78 is 28.8. The number of carbonyl (C=O) groups is 2. The van der Waals surface area contributed by atoms with Crippen molar-refractivity contribution in [3.05, 3.63) is 95.0 Å². The van der Waals surface area contributed by atoms with E-state index >= 15 is 0 Å². The monoisotopic (exact) mass is 567 g/mol. The second-order valence-corrected chi connectivity index (χ2v) is 12.2. The molecule has 0 spiro atoms. The number of sulfonamides is 1. The third-order valence-electron chi connectivity index (χ3n) is 7.07. The molecule has 0 heterocycles. The number of benzene rings is 3. The molecule has 7 nitrogen and oxygen atoms in total. The van der Waals surface area contributed by atoms with Crippen LogP contribution in [0.5, 0.6) is 0 Å². The second-order valence-electron chi connectivity index (χ2n) is 9.95. The Kier molecular flexibility index (Phi) is 9.30. The van der Waals surface area contributed by atoms with E-state index in [0.29, 0.717) is 0 Å². The molecule has 4 rings (SSSR count). The Morgan fingerprint density at radius 1 is 0.949 bits per heavy atom. The summed E-state index contributed by atoms with van der Waals surface area (Å²) in [5.74, 6) is -0.764. The molecule has 39 heavy (non-hydrogen) atoms. The normalized spacial score (nSPS) is 14.5. The highest BCUT2D eigenvalue weighted by molar-refractivity contribution is 7.92. The molecule has 1 N–H and O–H groups in total. The van der Waals surface area contributed by atoms with Gasteiger partial charge in [0.15, 0.2) is 0 Å². The zero-order chi connectivity index (χ0) is 28.0. The standard InChI is InChI=1S/C30H34ClN3O4S/c1-22-16-18-26(19-17-22)39(37,38)34(28-15-9-8-14-27(28)31)21-29(35)33(20-24-10-4-3-5-11-24)23(2)30(36)32-25-12-6-7-13-25/h3-5,8-11,14-19,23,25H,6-7,12-13,20-21H2,1-2H3,(H,32,36)/t23-/m0/s1. The van der Waals surface area contributed by atoms with Crippen LogP contribution in [0.2, 0.25) is 5.02 Å². The van der Waals surface area contributed by atoms with Gasteiger partial charge in [-0.3, -0.25) is 13.9 Å². The summed E-state index contributed by atoms with van der Waals surface area (Å²) in [6.45, 7) is 3.18. The van der Waals surface area contributed by atoms with Gasteiger partial charge in [-0.1, -0.05) is 84.6 Å². The smallest absolute Gasteiger partial charge is 0.264 e. The Balaban J connectivity index is 1.68. The summed E-state index contributed by atoms with van der Waals surface area (Å²) in [6, 6.07) is 21.6. The molecule has 1 fully saturated rings. The Morgan fingerprint density at radius 2 is 1.56 bits per heavy atom. The fourth-order valence-electron chi connectivity index (χ4n) is 4.76. The maximum atomic E-state index is 14.0. The van der Waals surface area contributed by atoms with Crippen LogP contribution < -0.4 is 9.62 Å². The predicted octanol–water partition coefficient (Wildman–Crippen LogP) is 5.32. The first-order chi connectivity index (χ1) is 18.7. The van der Waals surface area contributed by atoms with Gasteiger partial charge in [-0.2, -0.15) is 0 Å². The third-order valence-corrected chi connectivity index (χ3v) is 9.17. The third kappa shape index (κ3) is 6.99. The molecule has 1 aliphatic carbocycles. The van der Waals surface area contributed by atoms with E-state index < -0.39 is 28.5 Å².